The highest BCUT2D eigenvalue weighted by molar-refractivity contribution is 7.98. The monoisotopic (exact) mass is 274 g/mol. The van der Waals surface area contributed by atoms with Crippen molar-refractivity contribution in [2.45, 2.75) is 50.6 Å². The van der Waals surface area contributed by atoms with Crippen molar-refractivity contribution in [3.63, 3.8) is 0 Å². The molecule has 104 valence electrons. The van der Waals surface area contributed by atoms with Crippen LogP contribution in [-0.2, 0) is 4.79 Å². The average Bonchev–Trinajstić information content (AvgIpc) is 2.35. The Morgan fingerprint density at radius 2 is 2.00 bits per heavy atom. The molecule has 2 amide bonds. The molecule has 0 aromatic carbocycles. The zero-order valence-corrected chi connectivity index (χ0v) is 11.6. The first-order valence-corrected chi connectivity index (χ1v) is 7.81. The summed E-state index contributed by atoms with van der Waals surface area (Å²) in [6.07, 6.45) is 6.88. The Labute approximate surface area is 112 Å². The number of rotatable bonds is 6. The van der Waals surface area contributed by atoms with Gasteiger partial charge in [0, 0.05) is 6.04 Å². The highest BCUT2D eigenvalue weighted by Gasteiger charge is 2.23. The maximum Gasteiger partial charge on any atom is 0.405 e. The second-order valence-corrected chi connectivity index (χ2v) is 5.61. The lowest BCUT2D eigenvalue weighted by Gasteiger charge is -2.25. The van der Waals surface area contributed by atoms with Gasteiger partial charge in [-0.25, -0.2) is 4.79 Å². The maximum atomic E-state index is 12.0. The standard InChI is InChI=1S/C12H22N2O3S/c1-18-8-7-10(14-12(16)17)11(15)13-9-5-3-2-4-6-9/h9-10,14H,2-8H2,1H3,(H,13,15)(H,16,17). The molecular formula is C12H22N2O3S. The summed E-state index contributed by atoms with van der Waals surface area (Å²) < 4.78 is 0. The minimum absolute atomic E-state index is 0.182. The van der Waals surface area contributed by atoms with E-state index in [0.717, 1.165) is 31.4 Å². The summed E-state index contributed by atoms with van der Waals surface area (Å²) in [6.45, 7) is 0. The van der Waals surface area contributed by atoms with Gasteiger partial charge in [-0.05, 0) is 31.3 Å². The van der Waals surface area contributed by atoms with Gasteiger partial charge in [0.05, 0.1) is 0 Å². The molecule has 1 unspecified atom stereocenters. The van der Waals surface area contributed by atoms with Crippen molar-refractivity contribution in [3.05, 3.63) is 0 Å². The first kappa shape index (κ1) is 15.1. The van der Waals surface area contributed by atoms with E-state index in [1.807, 2.05) is 6.26 Å². The van der Waals surface area contributed by atoms with Crippen LogP contribution in [0.1, 0.15) is 38.5 Å². The van der Waals surface area contributed by atoms with E-state index in [1.165, 1.54) is 6.42 Å². The minimum atomic E-state index is -1.14. The van der Waals surface area contributed by atoms with Crippen LogP contribution in [-0.4, -0.2) is 41.2 Å². The first-order valence-electron chi connectivity index (χ1n) is 6.42. The summed E-state index contributed by atoms with van der Waals surface area (Å²) in [4.78, 5) is 22.7. The summed E-state index contributed by atoms with van der Waals surface area (Å²) in [7, 11) is 0. The van der Waals surface area contributed by atoms with Crippen molar-refractivity contribution in [1.29, 1.82) is 0 Å². The molecular weight excluding hydrogens is 252 g/mol. The normalized spacial score (nSPS) is 18.1. The van der Waals surface area contributed by atoms with Gasteiger partial charge in [0.2, 0.25) is 5.91 Å². The van der Waals surface area contributed by atoms with E-state index in [1.54, 1.807) is 11.8 Å². The van der Waals surface area contributed by atoms with Gasteiger partial charge in [0.15, 0.2) is 0 Å². The van der Waals surface area contributed by atoms with Gasteiger partial charge >= 0.3 is 6.09 Å². The minimum Gasteiger partial charge on any atom is -0.465 e. The lowest BCUT2D eigenvalue weighted by molar-refractivity contribution is -0.124. The summed E-state index contributed by atoms with van der Waals surface area (Å²) in [5.74, 6) is 0.585. The third-order valence-electron chi connectivity index (χ3n) is 3.18. The van der Waals surface area contributed by atoms with Crippen molar-refractivity contribution in [2.75, 3.05) is 12.0 Å². The van der Waals surface area contributed by atoms with E-state index >= 15 is 0 Å². The highest BCUT2D eigenvalue weighted by Crippen LogP contribution is 2.17. The fourth-order valence-corrected chi connectivity index (χ4v) is 2.67. The van der Waals surface area contributed by atoms with Crippen molar-refractivity contribution in [2.24, 2.45) is 0 Å². The van der Waals surface area contributed by atoms with E-state index < -0.39 is 12.1 Å². The zero-order chi connectivity index (χ0) is 13.4. The Balaban J connectivity index is 2.43. The Morgan fingerprint density at radius 3 is 2.56 bits per heavy atom. The molecule has 6 heteroatoms. The molecule has 1 fully saturated rings. The number of carbonyl (C=O) groups is 2. The molecule has 5 nitrogen and oxygen atoms in total. The van der Waals surface area contributed by atoms with E-state index in [-0.39, 0.29) is 11.9 Å². The molecule has 1 saturated carbocycles. The van der Waals surface area contributed by atoms with Crippen LogP contribution in [0, 0.1) is 0 Å². The summed E-state index contributed by atoms with van der Waals surface area (Å²) in [5, 5.41) is 14.0. The largest absolute Gasteiger partial charge is 0.465 e. The Bertz CT molecular complexity index is 280. The molecule has 0 bridgehead atoms. The molecule has 0 heterocycles. The van der Waals surface area contributed by atoms with Crippen LogP contribution in [0.15, 0.2) is 0 Å². The molecule has 1 atom stereocenters. The molecule has 0 aromatic heterocycles. The van der Waals surface area contributed by atoms with Crippen LogP contribution >= 0.6 is 11.8 Å². The Morgan fingerprint density at radius 1 is 1.33 bits per heavy atom. The van der Waals surface area contributed by atoms with E-state index in [9.17, 15) is 9.59 Å². The molecule has 0 saturated heterocycles. The lowest BCUT2D eigenvalue weighted by Crippen LogP contribution is -2.49. The third kappa shape index (κ3) is 5.62. The predicted molar refractivity (Wildman–Crippen MR) is 73.0 cm³/mol. The zero-order valence-electron chi connectivity index (χ0n) is 10.8. The molecule has 1 rings (SSSR count). The van der Waals surface area contributed by atoms with Gasteiger partial charge in [-0.15, -0.1) is 0 Å². The smallest absolute Gasteiger partial charge is 0.405 e. The van der Waals surface area contributed by atoms with E-state index in [0.29, 0.717) is 6.42 Å². The number of carboxylic acid groups (broad SMARTS) is 1. The van der Waals surface area contributed by atoms with Gasteiger partial charge in [0.1, 0.15) is 6.04 Å². The van der Waals surface area contributed by atoms with Gasteiger partial charge < -0.3 is 15.7 Å². The number of amides is 2. The predicted octanol–water partition coefficient (Wildman–Crippen LogP) is 1.82. The van der Waals surface area contributed by atoms with Gasteiger partial charge in [-0.2, -0.15) is 11.8 Å². The van der Waals surface area contributed by atoms with Gasteiger partial charge in [-0.3, -0.25) is 4.79 Å². The van der Waals surface area contributed by atoms with Crippen LogP contribution in [0.2, 0.25) is 0 Å². The summed E-state index contributed by atoms with van der Waals surface area (Å²) >= 11 is 1.61. The number of thioether (sulfide) groups is 1. The van der Waals surface area contributed by atoms with E-state index in [2.05, 4.69) is 10.6 Å². The molecule has 0 radical (unpaired) electrons. The molecule has 0 spiro atoms. The van der Waals surface area contributed by atoms with Crippen LogP contribution in [0.5, 0.6) is 0 Å². The number of nitrogens with one attached hydrogen (secondary N) is 2. The second kappa shape index (κ2) is 8.24. The molecule has 18 heavy (non-hydrogen) atoms. The quantitative estimate of drug-likeness (QED) is 0.690. The number of hydrogen-bond acceptors (Lipinski definition) is 3. The number of carbonyl (C=O) groups excluding carboxylic acids is 1. The number of hydrogen-bond donors (Lipinski definition) is 3. The van der Waals surface area contributed by atoms with Crippen molar-refractivity contribution in [1.82, 2.24) is 10.6 Å². The topological polar surface area (TPSA) is 78.4 Å². The van der Waals surface area contributed by atoms with Crippen LogP contribution in [0.25, 0.3) is 0 Å². The van der Waals surface area contributed by atoms with Gasteiger partial charge in [-0.1, -0.05) is 19.3 Å². The van der Waals surface area contributed by atoms with Crippen molar-refractivity contribution in [3.8, 4) is 0 Å². The molecule has 1 aliphatic rings. The van der Waals surface area contributed by atoms with Crippen LogP contribution < -0.4 is 10.6 Å². The highest BCUT2D eigenvalue weighted by atomic mass is 32.2. The van der Waals surface area contributed by atoms with Crippen LogP contribution in [0.3, 0.4) is 0 Å². The fraction of sp³-hybridized carbons (Fsp3) is 0.833. The van der Waals surface area contributed by atoms with Crippen molar-refractivity contribution >= 4 is 23.8 Å². The Kier molecular flexibility index (Phi) is 6.93. The van der Waals surface area contributed by atoms with Gasteiger partial charge in [0.25, 0.3) is 0 Å². The Hall–Kier alpha value is -0.910. The SMILES string of the molecule is CSCCC(NC(=O)O)C(=O)NC1CCCCC1. The average molecular weight is 274 g/mol. The fourth-order valence-electron chi connectivity index (χ4n) is 2.20. The maximum absolute atomic E-state index is 12.0. The van der Waals surface area contributed by atoms with Crippen LogP contribution in [0.4, 0.5) is 4.79 Å². The molecule has 0 aliphatic heterocycles. The molecule has 0 aromatic rings. The lowest BCUT2D eigenvalue weighted by atomic mass is 9.95. The van der Waals surface area contributed by atoms with E-state index in [4.69, 9.17) is 5.11 Å². The second-order valence-electron chi connectivity index (χ2n) is 4.63. The third-order valence-corrected chi connectivity index (χ3v) is 3.82. The van der Waals surface area contributed by atoms with Crippen molar-refractivity contribution < 1.29 is 14.7 Å². The summed E-state index contributed by atoms with van der Waals surface area (Å²) in [5.41, 5.74) is 0. The molecule has 3 N–H and O–H groups in total. The first-order chi connectivity index (χ1) is 8.63. The summed E-state index contributed by atoms with van der Waals surface area (Å²) in [6, 6.07) is -0.407. The molecule has 1 aliphatic carbocycles.